The maximum atomic E-state index is 12.2. The van der Waals surface area contributed by atoms with Crippen molar-refractivity contribution in [2.45, 2.75) is 25.3 Å². The normalized spacial score (nSPS) is 13.3. The predicted molar refractivity (Wildman–Crippen MR) is 85.9 cm³/mol. The van der Waals surface area contributed by atoms with Gasteiger partial charge >= 0.3 is 0 Å². The summed E-state index contributed by atoms with van der Waals surface area (Å²) in [5.74, 6) is -0.0951. The van der Waals surface area contributed by atoms with Crippen molar-refractivity contribution < 1.29 is 13.5 Å². The highest BCUT2D eigenvalue weighted by atomic mass is 35.5. The molecule has 0 saturated heterocycles. The van der Waals surface area contributed by atoms with Crippen molar-refractivity contribution in [2.24, 2.45) is 0 Å². The van der Waals surface area contributed by atoms with Crippen LogP contribution in [0.5, 0.6) is 0 Å². The Morgan fingerprint density at radius 1 is 1.19 bits per heavy atom. The van der Waals surface area contributed by atoms with Crippen LogP contribution in [0.25, 0.3) is 0 Å². The van der Waals surface area contributed by atoms with E-state index in [1.807, 2.05) is 6.07 Å². The van der Waals surface area contributed by atoms with E-state index in [1.54, 1.807) is 37.3 Å². The summed E-state index contributed by atoms with van der Waals surface area (Å²) in [5, 5.41) is 8.97. The van der Waals surface area contributed by atoms with Crippen LogP contribution in [0.15, 0.2) is 36.4 Å². The number of nitrogens with one attached hydrogen (secondary N) is 1. The van der Waals surface area contributed by atoms with E-state index in [0.29, 0.717) is 9.90 Å². The fourth-order valence-electron chi connectivity index (χ4n) is 1.89. The van der Waals surface area contributed by atoms with E-state index in [9.17, 15) is 8.42 Å². The lowest BCUT2D eigenvalue weighted by atomic mass is 10.2. The van der Waals surface area contributed by atoms with Crippen molar-refractivity contribution in [3.05, 3.63) is 56.7 Å². The van der Waals surface area contributed by atoms with Gasteiger partial charge in [-0.1, -0.05) is 35.9 Å². The van der Waals surface area contributed by atoms with E-state index in [2.05, 4.69) is 4.72 Å². The smallest absolute Gasteiger partial charge is 0.216 e. The molecule has 21 heavy (non-hydrogen) atoms. The summed E-state index contributed by atoms with van der Waals surface area (Å²) in [6.45, 7) is 1.73. The average Bonchev–Trinajstić information content (AvgIpc) is 2.85. The second kappa shape index (κ2) is 6.89. The lowest BCUT2D eigenvalue weighted by molar-refractivity contribution is 0.282. The number of sulfonamides is 1. The highest BCUT2D eigenvalue weighted by molar-refractivity contribution is 7.88. The van der Waals surface area contributed by atoms with Crippen LogP contribution in [0.3, 0.4) is 0 Å². The Bertz CT molecular complexity index is 695. The average molecular weight is 346 g/mol. The minimum absolute atomic E-state index is 0.0541. The molecule has 0 saturated carbocycles. The zero-order chi connectivity index (χ0) is 15.5. The first-order valence-electron chi connectivity index (χ1n) is 6.33. The van der Waals surface area contributed by atoms with Crippen LogP contribution in [-0.4, -0.2) is 13.5 Å². The molecule has 2 rings (SSSR count). The summed E-state index contributed by atoms with van der Waals surface area (Å²) in [4.78, 5) is 0.874. The Balaban J connectivity index is 2.04. The Kier molecular flexibility index (Phi) is 5.40. The van der Waals surface area contributed by atoms with Crippen molar-refractivity contribution >= 4 is 33.0 Å². The molecule has 2 N–H and O–H groups in total. The molecular formula is C14H16ClNO3S2. The number of hydrogen-bond acceptors (Lipinski definition) is 4. The van der Waals surface area contributed by atoms with E-state index in [0.717, 1.165) is 10.4 Å². The number of thiophene rings is 1. The standard InChI is InChI=1S/C14H16ClNO3S2/c1-10(13-6-7-14(15)20-13)16-21(18,19)9-12-4-2-11(8-17)3-5-12/h2-7,10,16-17H,8-9H2,1H3. The molecular weight excluding hydrogens is 330 g/mol. The van der Waals surface area contributed by atoms with E-state index in [-0.39, 0.29) is 18.4 Å². The van der Waals surface area contributed by atoms with Gasteiger partial charge in [-0.15, -0.1) is 11.3 Å². The van der Waals surface area contributed by atoms with Crippen molar-refractivity contribution in [1.82, 2.24) is 4.72 Å². The first kappa shape index (κ1) is 16.5. The maximum Gasteiger partial charge on any atom is 0.216 e. The van der Waals surface area contributed by atoms with Gasteiger partial charge in [-0.2, -0.15) is 0 Å². The topological polar surface area (TPSA) is 66.4 Å². The number of aliphatic hydroxyl groups excluding tert-OH is 1. The molecule has 1 unspecified atom stereocenters. The highest BCUT2D eigenvalue weighted by Gasteiger charge is 2.17. The summed E-state index contributed by atoms with van der Waals surface area (Å²) in [7, 11) is -3.44. The number of benzene rings is 1. The summed E-state index contributed by atoms with van der Waals surface area (Å²) in [6, 6.07) is 10.1. The maximum absolute atomic E-state index is 12.2. The van der Waals surface area contributed by atoms with Gasteiger partial charge in [-0.05, 0) is 30.2 Å². The van der Waals surface area contributed by atoms with Gasteiger partial charge in [0.2, 0.25) is 10.0 Å². The summed E-state index contributed by atoms with van der Waals surface area (Å²) in [5.41, 5.74) is 1.43. The second-order valence-electron chi connectivity index (χ2n) is 4.72. The Hall–Kier alpha value is -0.920. The van der Waals surface area contributed by atoms with E-state index in [1.165, 1.54) is 11.3 Å². The molecule has 114 valence electrons. The van der Waals surface area contributed by atoms with Gasteiger partial charge < -0.3 is 5.11 Å². The fourth-order valence-corrected chi connectivity index (χ4v) is 4.41. The van der Waals surface area contributed by atoms with Gasteiger partial charge in [0.15, 0.2) is 0 Å². The van der Waals surface area contributed by atoms with Crippen molar-refractivity contribution in [1.29, 1.82) is 0 Å². The predicted octanol–water partition coefficient (Wildman–Crippen LogP) is 3.07. The number of hydrogen-bond donors (Lipinski definition) is 2. The van der Waals surface area contributed by atoms with Gasteiger partial charge in [0.05, 0.1) is 22.7 Å². The zero-order valence-corrected chi connectivity index (χ0v) is 13.8. The van der Waals surface area contributed by atoms with Crippen molar-refractivity contribution in [3.63, 3.8) is 0 Å². The molecule has 1 heterocycles. The third-order valence-corrected chi connectivity index (χ3v) is 5.78. The van der Waals surface area contributed by atoms with Crippen LogP contribution in [0, 0.1) is 0 Å². The fraction of sp³-hybridized carbons (Fsp3) is 0.286. The van der Waals surface area contributed by atoms with E-state index >= 15 is 0 Å². The van der Waals surface area contributed by atoms with E-state index in [4.69, 9.17) is 16.7 Å². The third-order valence-electron chi connectivity index (χ3n) is 2.94. The van der Waals surface area contributed by atoms with Crippen LogP contribution in [-0.2, 0) is 22.4 Å². The molecule has 7 heteroatoms. The van der Waals surface area contributed by atoms with Crippen LogP contribution >= 0.6 is 22.9 Å². The number of aliphatic hydroxyl groups is 1. The molecule has 1 atom stereocenters. The Morgan fingerprint density at radius 2 is 1.81 bits per heavy atom. The highest BCUT2D eigenvalue weighted by Crippen LogP contribution is 2.27. The lowest BCUT2D eigenvalue weighted by Gasteiger charge is -2.13. The quantitative estimate of drug-likeness (QED) is 0.845. The second-order valence-corrected chi connectivity index (χ2v) is 8.22. The third kappa shape index (κ3) is 4.79. The Morgan fingerprint density at radius 3 is 2.33 bits per heavy atom. The molecule has 0 bridgehead atoms. The minimum Gasteiger partial charge on any atom is -0.392 e. The summed E-state index contributed by atoms with van der Waals surface area (Å²) in [6.07, 6.45) is 0. The van der Waals surface area contributed by atoms with Gasteiger partial charge in [0.1, 0.15) is 0 Å². The molecule has 0 radical (unpaired) electrons. The van der Waals surface area contributed by atoms with Gasteiger partial charge in [-0.25, -0.2) is 13.1 Å². The molecule has 4 nitrogen and oxygen atoms in total. The molecule has 0 fully saturated rings. The van der Waals surface area contributed by atoms with Crippen LogP contribution in [0.4, 0.5) is 0 Å². The SMILES string of the molecule is CC(NS(=O)(=O)Cc1ccc(CO)cc1)c1ccc(Cl)s1. The number of halogens is 1. The summed E-state index contributed by atoms with van der Waals surface area (Å²) >= 11 is 7.21. The van der Waals surface area contributed by atoms with Gasteiger partial charge in [0.25, 0.3) is 0 Å². The van der Waals surface area contributed by atoms with E-state index < -0.39 is 10.0 Å². The van der Waals surface area contributed by atoms with Crippen LogP contribution < -0.4 is 4.72 Å². The molecule has 2 aromatic rings. The Labute approximate surface area is 133 Å². The van der Waals surface area contributed by atoms with Gasteiger partial charge in [-0.3, -0.25) is 0 Å². The first-order chi connectivity index (χ1) is 9.89. The molecule has 1 aromatic heterocycles. The molecule has 0 aliphatic rings. The lowest BCUT2D eigenvalue weighted by Crippen LogP contribution is -2.27. The summed E-state index contributed by atoms with van der Waals surface area (Å²) < 4.78 is 27.6. The van der Waals surface area contributed by atoms with Gasteiger partial charge in [0, 0.05) is 4.88 Å². The van der Waals surface area contributed by atoms with Crippen LogP contribution in [0.1, 0.15) is 29.0 Å². The number of rotatable bonds is 6. The zero-order valence-electron chi connectivity index (χ0n) is 11.4. The molecule has 0 aliphatic carbocycles. The largest absolute Gasteiger partial charge is 0.392 e. The van der Waals surface area contributed by atoms with Crippen molar-refractivity contribution in [3.8, 4) is 0 Å². The van der Waals surface area contributed by atoms with Crippen LogP contribution in [0.2, 0.25) is 4.34 Å². The molecule has 1 aromatic carbocycles. The molecule has 0 aliphatic heterocycles. The first-order valence-corrected chi connectivity index (χ1v) is 9.18. The molecule has 0 amide bonds. The monoisotopic (exact) mass is 345 g/mol. The van der Waals surface area contributed by atoms with Crippen molar-refractivity contribution in [2.75, 3.05) is 0 Å². The minimum atomic E-state index is -3.44. The molecule has 0 spiro atoms.